The molecule has 0 spiro atoms. The Hall–Kier alpha value is -2.34. The van der Waals surface area contributed by atoms with E-state index in [1.807, 2.05) is 0 Å². The number of rotatable bonds is 6. The van der Waals surface area contributed by atoms with Crippen LogP contribution in [0.25, 0.3) is 0 Å². The number of hydrogen-bond acceptors (Lipinski definition) is 3. The molecule has 0 fully saturated rings. The lowest BCUT2D eigenvalue weighted by atomic mass is 10.1. The van der Waals surface area contributed by atoms with Crippen molar-refractivity contribution in [2.24, 2.45) is 0 Å². The van der Waals surface area contributed by atoms with Crippen molar-refractivity contribution in [3.05, 3.63) is 65.0 Å². The van der Waals surface area contributed by atoms with Crippen molar-refractivity contribution in [3.63, 3.8) is 0 Å². The fourth-order valence-electron chi connectivity index (χ4n) is 2.00. The van der Waals surface area contributed by atoms with Gasteiger partial charge in [-0.1, -0.05) is 6.07 Å². The third kappa shape index (κ3) is 4.60. The smallest absolute Gasteiger partial charge is 0.220 e. The number of carbonyl (C=O) groups excluding carboxylic acids is 1. The summed E-state index contributed by atoms with van der Waals surface area (Å²) in [7, 11) is 0. The summed E-state index contributed by atoms with van der Waals surface area (Å²) in [5.74, 6) is -1.10. The number of nitrogens with zero attached hydrogens (tertiary/aromatic N) is 1. The highest BCUT2D eigenvalue weighted by Crippen LogP contribution is 2.10. The number of carbonyl (C=O) groups is 1. The number of aliphatic hydroxyl groups is 1. The molecule has 0 aliphatic carbocycles. The zero-order chi connectivity index (χ0) is 15.9. The van der Waals surface area contributed by atoms with Crippen molar-refractivity contribution < 1.29 is 18.7 Å². The first-order chi connectivity index (χ1) is 10.6. The maximum Gasteiger partial charge on any atom is 0.220 e. The van der Waals surface area contributed by atoms with E-state index in [2.05, 4.69) is 10.3 Å². The van der Waals surface area contributed by atoms with Crippen LogP contribution in [0.2, 0.25) is 0 Å². The average Bonchev–Trinajstić information content (AvgIpc) is 2.52. The first-order valence-corrected chi connectivity index (χ1v) is 6.83. The molecule has 0 bridgehead atoms. The van der Waals surface area contributed by atoms with Crippen molar-refractivity contribution in [1.29, 1.82) is 0 Å². The highest BCUT2D eigenvalue weighted by atomic mass is 19.1. The first-order valence-electron chi connectivity index (χ1n) is 6.83. The molecule has 22 heavy (non-hydrogen) atoms. The standard InChI is InChI=1S/C16H16F2N2O2/c17-14-6-12(7-19-9-14)2-4-16(22)20-8-11-1-3-15(18)13(5-11)10-21/h1,3,5-7,9,21H,2,4,8,10H2,(H,20,22). The number of aryl methyl sites for hydroxylation is 1. The van der Waals surface area contributed by atoms with Gasteiger partial charge in [-0.3, -0.25) is 9.78 Å². The molecule has 1 amide bonds. The lowest BCUT2D eigenvalue weighted by molar-refractivity contribution is -0.121. The highest BCUT2D eigenvalue weighted by molar-refractivity contribution is 5.76. The van der Waals surface area contributed by atoms with Crippen LogP contribution in [0.5, 0.6) is 0 Å². The maximum absolute atomic E-state index is 13.2. The van der Waals surface area contributed by atoms with Crippen LogP contribution < -0.4 is 5.32 Å². The maximum atomic E-state index is 13.2. The average molecular weight is 306 g/mol. The second kappa shape index (κ2) is 7.61. The Morgan fingerprint density at radius 3 is 2.73 bits per heavy atom. The molecule has 0 saturated heterocycles. The molecule has 0 saturated carbocycles. The minimum Gasteiger partial charge on any atom is -0.392 e. The summed E-state index contributed by atoms with van der Waals surface area (Å²) in [6.45, 7) is -0.145. The van der Waals surface area contributed by atoms with Crippen LogP contribution in [-0.2, 0) is 24.4 Å². The summed E-state index contributed by atoms with van der Waals surface area (Å²) in [6.07, 6.45) is 3.22. The van der Waals surface area contributed by atoms with Gasteiger partial charge in [-0.15, -0.1) is 0 Å². The van der Waals surface area contributed by atoms with Crippen molar-refractivity contribution in [3.8, 4) is 0 Å². The quantitative estimate of drug-likeness (QED) is 0.859. The Labute approximate surface area is 126 Å². The van der Waals surface area contributed by atoms with Gasteiger partial charge in [0.2, 0.25) is 5.91 Å². The molecule has 0 aliphatic rings. The van der Waals surface area contributed by atoms with Crippen LogP contribution in [0.4, 0.5) is 8.78 Å². The largest absolute Gasteiger partial charge is 0.392 e. The van der Waals surface area contributed by atoms with E-state index >= 15 is 0 Å². The van der Waals surface area contributed by atoms with Gasteiger partial charge in [-0.25, -0.2) is 8.78 Å². The van der Waals surface area contributed by atoms with Crippen molar-refractivity contribution in [1.82, 2.24) is 10.3 Å². The molecule has 1 aromatic carbocycles. The van der Waals surface area contributed by atoms with Gasteiger partial charge in [-0.2, -0.15) is 0 Å². The number of pyridine rings is 1. The first kappa shape index (κ1) is 16.0. The monoisotopic (exact) mass is 306 g/mol. The molecule has 4 nitrogen and oxygen atoms in total. The van der Waals surface area contributed by atoms with Crippen LogP contribution in [0.1, 0.15) is 23.1 Å². The van der Waals surface area contributed by atoms with Gasteiger partial charge in [0.05, 0.1) is 12.8 Å². The predicted molar refractivity (Wildman–Crippen MR) is 76.7 cm³/mol. The molecule has 2 rings (SSSR count). The van der Waals surface area contributed by atoms with E-state index in [0.717, 1.165) is 6.20 Å². The van der Waals surface area contributed by atoms with Gasteiger partial charge in [-0.05, 0) is 35.7 Å². The third-order valence-corrected chi connectivity index (χ3v) is 3.17. The van der Waals surface area contributed by atoms with Crippen molar-refractivity contribution in [2.75, 3.05) is 0 Å². The molecule has 0 unspecified atom stereocenters. The number of halogens is 2. The number of benzene rings is 1. The summed E-state index contributed by atoms with van der Waals surface area (Å²) >= 11 is 0. The summed E-state index contributed by atoms with van der Waals surface area (Å²) in [5, 5.41) is 11.7. The minimum atomic E-state index is -0.476. The Kier molecular flexibility index (Phi) is 5.55. The van der Waals surface area contributed by atoms with Gasteiger partial charge >= 0.3 is 0 Å². The van der Waals surface area contributed by atoms with Crippen LogP contribution in [0, 0.1) is 11.6 Å². The topological polar surface area (TPSA) is 62.2 Å². The fourth-order valence-corrected chi connectivity index (χ4v) is 2.00. The molecule has 1 heterocycles. The van der Waals surface area contributed by atoms with Crippen LogP contribution in [-0.4, -0.2) is 16.0 Å². The molecule has 1 aromatic heterocycles. The molecular formula is C16H16F2N2O2. The van der Waals surface area contributed by atoms with Gasteiger partial charge < -0.3 is 10.4 Å². The Morgan fingerprint density at radius 1 is 1.18 bits per heavy atom. The SMILES string of the molecule is O=C(CCc1cncc(F)c1)NCc1ccc(F)c(CO)c1. The zero-order valence-electron chi connectivity index (χ0n) is 11.9. The third-order valence-electron chi connectivity index (χ3n) is 3.17. The zero-order valence-corrected chi connectivity index (χ0v) is 11.9. The lowest BCUT2D eigenvalue weighted by Crippen LogP contribution is -2.23. The summed E-state index contributed by atoms with van der Waals surface area (Å²) in [5.41, 5.74) is 1.54. The predicted octanol–water partition coefficient (Wildman–Crippen LogP) is 2.10. The summed E-state index contributed by atoms with van der Waals surface area (Å²) in [4.78, 5) is 15.5. The van der Waals surface area contributed by atoms with Gasteiger partial charge in [0.15, 0.2) is 0 Å². The Bertz CT molecular complexity index is 662. The van der Waals surface area contributed by atoms with E-state index < -0.39 is 11.6 Å². The van der Waals surface area contributed by atoms with Gasteiger partial charge in [0.25, 0.3) is 0 Å². The van der Waals surface area contributed by atoms with Crippen molar-refractivity contribution in [2.45, 2.75) is 26.0 Å². The molecule has 6 heteroatoms. The van der Waals surface area contributed by atoms with E-state index in [0.29, 0.717) is 17.5 Å². The molecule has 2 N–H and O–H groups in total. The van der Waals surface area contributed by atoms with E-state index in [1.165, 1.54) is 24.4 Å². The van der Waals surface area contributed by atoms with E-state index in [1.54, 1.807) is 6.07 Å². The van der Waals surface area contributed by atoms with Crippen LogP contribution in [0.3, 0.4) is 0 Å². The second-order valence-electron chi connectivity index (χ2n) is 4.87. The molecule has 2 aromatic rings. The van der Waals surface area contributed by atoms with E-state index in [-0.39, 0.29) is 31.0 Å². The summed E-state index contributed by atoms with van der Waals surface area (Å²) < 4.78 is 26.2. The fraction of sp³-hybridized carbons (Fsp3) is 0.250. The number of amides is 1. The Morgan fingerprint density at radius 2 is 2.00 bits per heavy atom. The molecule has 0 aliphatic heterocycles. The second-order valence-corrected chi connectivity index (χ2v) is 4.87. The molecule has 116 valence electrons. The Balaban J connectivity index is 1.83. The number of hydrogen-bond donors (Lipinski definition) is 2. The lowest BCUT2D eigenvalue weighted by Gasteiger charge is -2.07. The number of aliphatic hydroxyl groups excluding tert-OH is 1. The normalized spacial score (nSPS) is 10.5. The minimum absolute atomic E-state index is 0.192. The highest BCUT2D eigenvalue weighted by Gasteiger charge is 2.06. The number of nitrogens with one attached hydrogen (secondary N) is 1. The van der Waals surface area contributed by atoms with Crippen LogP contribution >= 0.6 is 0 Å². The number of aromatic nitrogens is 1. The van der Waals surface area contributed by atoms with Crippen molar-refractivity contribution >= 4 is 5.91 Å². The molecule has 0 radical (unpaired) electrons. The van der Waals surface area contributed by atoms with Gasteiger partial charge in [0, 0.05) is 24.7 Å². The van der Waals surface area contributed by atoms with E-state index in [4.69, 9.17) is 5.11 Å². The molecular weight excluding hydrogens is 290 g/mol. The van der Waals surface area contributed by atoms with E-state index in [9.17, 15) is 13.6 Å². The summed E-state index contributed by atoms with van der Waals surface area (Å²) in [6, 6.07) is 5.65. The van der Waals surface area contributed by atoms with Crippen LogP contribution in [0.15, 0.2) is 36.7 Å². The molecule has 0 atom stereocenters. The van der Waals surface area contributed by atoms with Gasteiger partial charge in [0.1, 0.15) is 11.6 Å².